The van der Waals surface area contributed by atoms with E-state index < -0.39 is 0 Å². The van der Waals surface area contributed by atoms with Crippen molar-refractivity contribution in [2.75, 3.05) is 6.79 Å². The van der Waals surface area contributed by atoms with Gasteiger partial charge in [0.1, 0.15) is 5.82 Å². The summed E-state index contributed by atoms with van der Waals surface area (Å²) in [5.74, 6) is 0.782. The van der Waals surface area contributed by atoms with Crippen molar-refractivity contribution in [2.24, 2.45) is 0 Å². The molecule has 1 amide bonds. The first-order valence-electron chi connectivity index (χ1n) is 6.70. The Hall–Kier alpha value is -1.83. The highest BCUT2D eigenvalue weighted by Crippen LogP contribution is 2.34. The molecule has 0 aromatic heterocycles. The summed E-state index contributed by atoms with van der Waals surface area (Å²) in [6, 6.07) is 9.45. The minimum Gasteiger partial charge on any atom is -0.454 e. The molecule has 0 bridgehead atoms. The van der Waals surface area contributed by atoms with E-state index >= 15 is 0 Å². The third kappa shape index (κ3) is 3.01. The Morgan fingerprint density at radius 3 is 2.77 bits per heavy atom. The molecule has 2 aromatic rings. The SMILES string of the molecule is CC(NC(=O)c1ccc(F)cc1I)c1ccc2c(c1)OCO2. The normalized spacial score (nSPS) is 13.8. The molecule has 0 fully saturated rings. The van der Waals surface area contributed by atoms with Crippen molar-refractivity contribution in [2.45, 2.75) is 13.0 Å². The average Bonchev–Trinajstić information content (AvgIpc) is 2.94. The van der Waals surface area contributed by atoms with E-state index in [1.54, 1.807) is 0 Å². The minimum absolute atomic E-state index is 0.206. The Morgan fingerprint density at radius 1 is 1.23 bits per heavy atom. The number of hydrogen-bond donors (Lipinski definition) is 1. The standard InChI is InChI=1S/C16H13FINO3/c1-9(10-2-5-14-15(6-10)22-8-21-14)19-16(20)12-4-3-11(17)7-13(12)18/h2-7,9H,8H2,1H3,(H,19,20). The fourth-order valence-electron chi connectivity index (χ4n) is 2.21. The molecule has 0 spiro atoms. The molecule has 22 heavy (non-hydrogen) atoms. The third-order valence-electron chi connectivity index (χ3n) is 3.42. The summed E-state index contributed by atoms with van der Waals surface area (Å²) in [5, 5.41) is 2.90. The van der Waals surface area contributed by atoms with E-state index in [-0.39, 0.29) is 24.6 Å². The molecule has 1 aliphatic rings. The Morgan fingerprint density at radius 2 is 2.00 bits per heavy atom. The van der Waals surface area contributed by atoms with Crippen molar-refractivity contribution in [3.05, 3.63) is 56.9 Å². The Kier molecular flexibility index (Phi) is 4.19. The van der Waals surface area contributed by atoms with Crippen LogP contribution in [0.15, 0.2) is 36.4 Å². The van der Waals surface area contributed by atoms with E-state index in [0.717, 1.165) is 5.56 Å². The number of rotatable bonds is 3. The van der Waals surface area contributed by atoms with Crippen molar-refractivity contribution in [3.63, 3.8) is 0 Å². The van der Waals surface area contributed by atoms with Crippen LogP contribution < -0.4 is 14.8 Å². The number of ether oxygens (including phenoxy) is 2. The van der Waals surface area contributed by atoms with Gasteiger partial charge in [-0.15, -0.1) is 0 Å². The van der Waals surface area contributed by atoms with Crippen LogP contribution in [0.5, 0.6) is 11.5 Å². The Labute approximate surface area is 140 Å². The summed E-state index contributed by atoms with van der Waals surface area (Å²) < 4.78 is 24.3. The molecule has 1 aliphatic heterocycles. The van der Waals surface area contributed by atoms with Gasteiger partial charge in [0.05, 0.1) is 11.6 Å². The van der Waals surface area contributed by atoms with Crippen molar-refractivity contribution in [1.29, 1.82) is 0 Å². The molecular formula is C16H13FINO3. The van der Waals surface area contributed by atoms with Crippen LogP contribution in [0.25, 0.3) is 0 Å². The van der Waals surface area contributed by atoms with Gasteiger partial charge in [-0.1, -0.05) is 6.07 Å². The largest absolute Gasteiger partial charge is 0.454 e. The summed E-state index contributed by atoms with van der Waals surface area (Å²) >= 11 is 1.95. The van der Waals surface area contributed by atoms with Crippen LogP contribution in [0.1, 0.15) is 28.9 Å². The molecule has 0 saturated heterocycles. The van der Waals surface area contributed by atoms with E-state index in [1.165, 1.54) is 18.2 Å². The van der Waals surface area contributed by atoms with Crippen molar-refractivity contribution in [3.8, 4) is 11.5 Å². The lowest BCUT2D eigenvalue weighted by Gasteiger charge is -2.15. The molecule has 0 aliphatic carbocycles. The number of benzene rings is 2. The minimum atomic E-state index is -0.357. The maximum atomic E-state index is 13.1. The Bertz CT molecular complexity index is 735. The maximum Gasteiger partial charge on any atom is 0.252 e. The topological polar surface area (TPSA) is 47.6 Å². The summed E-state index contributed by atoms with van der Waals surface area (Å²) in [6.45, 7) is 2.10. The van der Waals surface area contributed by atoms with Crippen LogP contribution in [0.3, 0.4) is 0 Å². The van der Waals surface area contributed by atoms with Gasteiger partial charge < -0.3 is 14.8 Å². The molecule has 1 N–H and O–H groups in total. The molecule has 3 rings (SSSR count). The van der Waals surface area contributed by atoms with Crippen LogP contribution in [-0.4, -0.2) is 12.7 Å². The first kappa shape index (κ1) is 15.1. The van der Waals surface area contributed by atoms with Crippen LogP contribution in [0.4, 0.5) is 4.39 Å². The van der Waals surface area contributed by atoms with Gasteiger partial charge in [0.15, 0.2) is 11.5 Å². The van der Waals surface area contributed by atoms with Gasteiger partial charge in [0, 0.05) is 3.57 Å². The fraction of sp³-hybridized carbons (Fsp3) is 0.188. The van der Waals surface area contributed by atoms with E-state index in [2.05, 4.69) is 5.32 Å². The highest BCUT2D eigenvalue weighted by molar-refractivity contribution is 14.1. The van der Waals surface area contributed by atoms with Crippen LogP contribution in [0, 0.1) is 9.39 Å². The van der Waals surface area contributed by atoms with Crippen molar-refractivity contribution in [1.82, 2.24) is 5.32 Å². The highest BCUT2D eigenvalue weighted by Gasteiger charge is 2.18. The average molecular weight is 413 g/mol. The lowest BCUT2D eigenvalue weighted by atomic mass is 10.1. The zero-order chi connectivity index (χ0) is 15.7. The van der Waals surface area contributed by atoms with Crippen molar-refractivity contribution >= 4 is 28.5 Å². The highest BCUT2D eigenvalue weighted by atomic mass is 127. The lowest BCUT2D eigenvalue weighted by molar-refractivity contribution is 0.0939. The van der Waals surface area contributed by atoms with Crippen molar-refractivity contribution < 1.29 is 18.7 Å². The van der Waals surface area contributed by atoms with Gasteiger partial charge in [0.2, 0.25) is 6.79 Å². The second kappa shape index (κ2) is 6.12. The van der Waals surface area contributed by atoms with E-state index in [4.69, 9.17) is 9.47 Å². The van der Waals surface area contributed by atoms with Crippen LogP contribution in [0.2, 0.25) is 0 Å². The molecular weight excluding hydrogens is 400 g/mol. The van der Waals surface area contributed by atoms with Crippen LogP contribution >= 0.6 is 22.6 Å². The number of hydrogen-bond acceptors (Lipinski definition) is 3. The monoisotopic (exact) mass is 413 g/mol. The molecule has 1 atom stereocenters. The third-order valence-corrected chi connectivity index (χ3v) is 4.31. The van der Waals surface area contributed by atoms with Gasteiger partial charge in [0.25, 0.3) is 5.91 Å². The molecule has 2 aromatic carbocycles. The summed E-state index contributed by atoms with van der Waals surface area (Å²) in [6.07, 6.45) is 0. The molecule has 6 heteroatoms. The molecule has 1 heterocycles. The zero-order valence-electron chi connectivity index (χ0n) is 11.7. The molecule has 0 radical (unpaired) electrons. The van der Waals surface area contributed by atoms with Crippen LogP contribution in [-0.2, 0) is 0 Å². The first-order valence-corrected chi connectivity index (χ1v) is 7.78. The number of carbonyl (C=O) groups is 1. The van der Waals surface area contributed by atoms with Gasteiger partial charge in [-0.05, 0) is 65.4 Å². The fourth-order valence-corrected chi connectivity index (χ4v) is 2.94. The number of halogens is 2. The summed E-state index contributed by atoms with van der Waals surface area (Å²) in [4.78, 5) is 12.3. The second-order valence-electron chi connectivity index (χ2n) is 4.93. The molecule has 4 nitrogen and oxygen atoms in total. The van der Waals surface area contributed by atoms with E-state index in [9.17, 15) is 9.18 Å². The van der Waals surface area contributed by atoms with Gasteiger partial charge in [-0.2, -0.15) is 0 Å². The number of nitrogens with one attached hydrogen (secondary N) is 1. The summed E-state index contributed by atoms with van der Waals surface area (Å²) in [7, 11) is 0. The van der Waals surface area contributed by atoms with Gasteiger partial charge in [-0.3, -0.25) is 4.79 Å². The van der Waals surface area contributed by atoms with E-state index in [0.29, 0.717) is 20.6 Å². The zero-order valence-corrected chi connectivity index (χ0v) is 13.9. The van der Waals surface area contributed by atoms with E-state index in [1.807, 2.05) is 47.7 Å². The smallest absolute Gasteiger partial charge is 0.252 e. The number of fused-ring (bicyclic) bond motifs is 1. The lowest BCUT2D eigenvalue weighted by Crippen LogP contribution is -2.27. The van der Waals surface area contributed by atoms with Gasteiger partial charge >= 0.3 is 0 Å². The molecule has 114 valence electrons. The predicted octanol–water partition coefficient (Wildman–Crippen LogP) is 3.65. The predicted molar refractivity (Wildman–Crippen MR) is 87.6 cm³/mol. The summed E-state index contributed by atoms with van der Waals surface area (Å²) in [5.41, 5.74) is 1.37. The maximum absolute atomic E-state index is 13.1. The second-order valence-corrected chi connectivity index (χ2v) is 6.09. The molecule has 1 unspecified atom stereocenters. The quantitative estimate of drug-likeness (QED) is 0.782. The number of amides is 1. The molecule has 0 saturated carbocycles. The number of carbonyl (C=O) groups excluding carboxylic acids is 1. The first-order chi connectivity index (χ1) is 10.5. The Balaban J connectivity index is 1.76. The van der Waals surface area contributed by atoms with Gasteiger partial charge in [-0.25, -0.2) is 4.39 Å².